The van der Waals surface area contributed by atoms with Gasteiger partial charge in [0.15, 0.2) is 0 Å². The van der Waals surface area contributed by atoms with Crippen LogP contribution >= 0.6 is 11.8 Å². The van der Waals surface area contributed by atoms with E-state index < -0.39 is 0 Å². The summed E-state index contributed by atoms with van der Waals surface area (Å²) in [6.45, 7) is 1.88. The van der Waals surface area contributed by atoms with Crippen molar-refractivity contribution in [3.63, 3.8) is 0 Å². The van der Waals surface area contributed by atoms with Crippen LogP contribution in [-0.4, -0.2) is 20.9 Å². The van der Waals surface area contributed by atoms with Crippen molar-refractivity contribution in [1.29, 1.82) is 0 Å². The van der Waals surface area contributed by atoms with Crippen LogP contribution in [0.3, 0.4) is 0 Å². The van der Waals surface area contributed by atoms with Gasteiger partial charge in [-0.25, -0.2) is 14.4 Å². The lowest BCUT2D eigenvalue weighted by atomic mass is 10.1. The Balaban J connectivity index is 1.49. The molecule has 4 rings (SSSR count). The summed E-state index contributed by atoms with van der Waals surface area (Å²) in [6, 6.07) is 13.7. The maximum absolute atomic E-state index is 13.6. The Morgan fingerprint density at radius 3 is 2.79 bits per heavy atom. The number of aromatic amines is 1. The molecule has 1 amide bonds. The molecule has 3 heterocycles. The molecule has 0 aliphatic rings. The Kier molecular flexibility index (Phi) is 5.08. The van der Waals surface area contributed by atoms with E-state index in [9.17, 15) is 9.18 Å². The minimum absolute atomic E-state index is 0.153. The Morgan fingerprint density at radius 1 is 1.11 bits per heavy atom. The quantitative estimate of drug-likeness (QED) is 0.515. The third-order valence-electron chi connectivity index (χ3n) is 4.28. The molecule has 0 aliphatic carbocycles. The summed E-state index contributed by atoms with van der Waals surface area (Å²) in [6.07, 6.45) is 3.52. The van der Waals surface area contributed by atoms with Crippen LogP contribution in [0.4, 0.5) is 10.1 Å². The number of benzene rings is 1. The highest BCUT2D eigenvalue weighted by molar-refractivity contribution is 7.99. The number of aryl methyl sites for hydroxylation is 1. The molecule has 1 aromatic carbocycles. The zero-order valence-corrected chi connectivity index (χ0v) is 15.9. The van der Waals surface area contributed by atoms with Crippen molar-refractivity contribution < 1.29 is 9.18 Å². The monoisotopic (exact) mass is 392 g/mol. The van der Waals surface area contributed by atoms with Crippen LogP contribution in [0.5, 0.6) is 0 Å². The molecule has 0 atom stereocenters. The van der Waals surface area contributed by atoms with Crippen LogP contribution < -0.4 is 5.32 Å². The average Bonchev–Trinajstić information content (AvgIpc) is 2.98. The Bertz CT molecular complexity index is 1140. The van der Waals surface area contributed by atoms with Crippen molar-refractivity contribution in [2.75, 3.05) is 5.32 Å². The first-order chi connectivity index (χ1) is 13.6. The van der Waals surface area contributed by atoms with Gasteiger partial charge in [-0.3, -0.25) is 4.79 Å². The number of rotatable bonds is 5. The van der Waals surface area contributed by atoms with Crippen LogP contribution in [0.1, 0.15) is 11.3 Å². The summed E-state index contributed by atoms with van der Waals surface area (Å²) in [4.78, 5) is 24.3. The van der Waals surface area contributed by atoms with Gasteiger partial charge in [-0.15, -0.1) is 0 Å². The van der Waals surface area contributed by atoms with E-state index >= 15 is 0 Å². The summed E-state index contributed by atoms with van der Waals surface area (Å²) in [5.74, 6) is -0.494. The molecule has 5 nitrogen and oxygen atoms in total. The van der Waals surface area contributed by atoms with Crippen molar-refractivity contribution in [2.24, 2.45) is 0 Å². The predicted molar refractivity (Wildman–Crippen MR) is 108 cm³/mol. The van der Waals surface area contributed by atoms with Gasteiger partial charge in [0, 0.05) is 34.7 Å². The lowest BCUT2D eigenvalue weighted by Crippen LogP contribution is -2.15. The van der Waals surface area contributed by atoms with E-state index in [0.717, 1.165) is 32.2 Å². The van der Waals surface area contributed by atoms with Crippen molar-refractivity contribution in [1.82, 2.24) is 15.0 Å². The van der Waals surface area contributed by atoms with Gasteiger partial charge in [-0.1, -0.05) is 17.8 Å². The topological polar surface area (TPSA) is 70.7 Å². The minimum Gasteiger partial charge on any atom is -0.358 e. The number of anilines is 1. The first-order valence-corrected chi connectivity index (χ1v) is 9.51. The van der Waals surface area contributed by atoms with Gasteiger partial charge in [-0.2, -0.15) is 0 Å². The molecule has 3 aromatic heterocycles. The molecule has 2 N–H and O–H groups in total. The van der Waals surface area contributed by atoms with Crippen LogP contribution in [0, 0.1) is 12.7 Å². The summed E-state index contributed by atoms with van der Waals surface area (Å²) in [7, 11) is 0. The molecule has 0 radical (unpaired) electrons. The van der Waals surface area contributed by atoms with Crippen LogP contribution in [-0.2, 0) is 11.2 Å². The zero-order valence-electron chi connectivity index (χ0n) is 15.1. The van der Waals surface area contributed by atoms with Gasteiger partial charge < -0.3 is 10.3 Å². The molecule has 7 heteroatoms. The van der Waals surface area contributed by atoms with E-state index in [2.05, 4.69) is 20.3 Å². The van der Waals surface area contributed by atoms with Crippen molar-refractivity contribution >= 4 is 34.3 Å². The molecule has 0 fully saturated rings. The highest BCUT2D eigenvalue weighted by atomic mass is 32.2. The lowest BCUT2D eigenvalue weighted by Gasteiger charge is -2.07. The molecule has 28 heavy (non-hydrogen) atoms. The van der Waals surface area contributed by atoms with Gasteiger partial charge in [0.05, 0.1) is 6.42 Å². The van der Waals surface area contributed by atoms with Crippen molar-refractivity contribution in [2.45, 2.75) is 23.4 Å². The molecule has 0 unspecified atom stereocenters. The number of H-pyrrole nitrogens is 1. The van der Waals surface area contributed by atoms with E-state index in [4.69, 9.17) is 0 Å². The first-order valence-electron chi connectivity index (χ1n) is 8.70. The second-order valence-electron chi connectivity index (χ2n) is 6.30. The SMILES string of the molecule is Cc1[nH]c2ccc(F)cc2c1CC(=O)Nc1ccnc(Sc2ccccn2)c1. The molecule has 4 aromatic rings. The Labute approximate surface area is 165 Å². The van der Waals surface area contributed by atoms with Crippen LogP contribution in [0.25, 0.3) is 10.9 Å². The number of fused-ring (bicyclic) bond motifs is 1. The number of carbonyl (C=O) groups excluding carboxylic acids is 1. The fraction of sp³-hybridized carbons (Fsp3) is 0.0952. The normalized spacial score (nSPS) is 10.9. The largest absolute Gasteiger partial charge is 0.358 e. The summed E-state index contributed by atoms with van der Waals surface area (Å²) >= 11 is 1.42. The summed E-state index contributed by atoms with van der Waals surface area (Å²) in [5, 5.41) is 5.19. The number of aromatic nitrogens is 3. The molecular formula is C21H17FN4OS. The van der Waals surface area contributed by atoms with E-state index in [-0.39, 0.29) is 18.1 Å². The number of carbonyl (C=O) groups is 1. The third-order valence-corrected chi connectivity index (χ3v) is 5.17. The van der Waals surface area contributed by atoms with Crippen LogP contribution in [0.15, 0.2) is 71.0 Å². The zero-order chi connectivity index (χ0) is 19.5. The molecule has 0 saturated carbocycles. The summed E-state index contributed by atoms with van der Waals surface area (Å²) < 4.78 is 13.6. The van der Waals surface area contributed by atoms with E-state index in [0.29, 0.717) is 5.69 Å². The van der Waals surface area contributed by atoms with Gasteiger partial charge in [0.25, 0.3) is 0 Å². The third kappa shape index (κ3) is 4.04. The van der Waals surface area contributed by atoms with Crippen molar-refractivity contribution in [3.8, 4) is 0 Å². The molecule has 0 spiro atoms. The van der Waals surface area contributed by atoms with E-state index in [1.54, 1.807) is 30.6 Å². The second kappa shape index (κ2) is 7.82. The van der Waals surface area contributed by atoms with Gasteiger partial charge in [0.2, 0.25) is 5.91 Å². The summed E-state index contributed by atoms with van der Waals surface area (Å²) in [5.41, 5.74) is 3.13. The minimum atomic E-state index is -0.321. The fourth-order valence-electron chi connectivity index (χ4n) is 3.01. The molecule has 0 bridgehead atoms. The molecular weight excluding hydrogens is 375 g/mol. The number of pyridine rings is 2. The Hall–Kier alpha value is -3.19. The number of hydrogen-bond donors (Lipinski definition) is 2. The van der Waals surface area contributed by atoms with Gasteiger partial charge in [0.1, 0.15) is 15.9 Å². The van der Waals surface area contributed by atoms with Gasteiger partial charge >= 0.3 is 0 Å². The fourth-order valence-corrected chi connectivity index (χ4v) is 3.78. The standard InChI is InChI=1S/C21H17FN4OS/c1-13-16(17-10-14(22)5-6-18(17)25-13)12-19(27)26-15-7-9-24-21(11-15)28-20-4-2-3-8-23-20/h2-11,25H,12H2,1H3,(H,24,26,27). The molecule has 140 valence electrons. The lowest BCUT2D eigenvalue weighted by molar-refractivity contribution is -0.115. The maximum Gasteiger partial charge on any atom is 0.228 e. The van der Waals surface area contributed by atoms with Crippen molar-refractivity contribution in [3.05, 3.63) is 78.0 Å². The smallest absolute Gasteiger partial charge is 0.228 e. The number of halogens is 1. The first kappa shape index (κ1) is 18.2. The van der Waals surface area contributed by atoms with E-state index in [1.807, 2.05) is 25.1 Å². The maximum atomic E-state index is 13.6. The Morgan fingerprint density at radius 2 is 1.96 bits per heavy atom. The second-order valence-corrected chi connectivity index (χ2v) is 7.34. The molecule has 0 aliphatic heterocycles. The van der Waals surface area contributed by atoms with Gasteiger partial charge in [-0.05, 0) is 55.0 Å². The number of hydrogen-bond acceptors (Lipinski definition) is 4. The predicted octanol–water partition coefficient (Wildman–Crippen LogP) is 4.74. The van der Waals surface area contributed by atoms with E-state index in [1.165, 1.54) is 23.9 Å². The molecule has 0 saturated heterocycles. The van der Waals surface area contributed by atoms with Crippen LogP contribution in [0.2, 0.25) is 0 Å². The highest BCUT2D eigenvalue weighted by Gasteiger charge is 2.14. The number of nitrogens with one attached hydrogen (secondary N) is 2. The number of nitrogens with zero attached hydrogens (tertiary/aromatic N) is 2. The highest BCUT2D eigenvalue weighted by Crippen LogP contribution is 2.26. The average molecular weight is 392 g/mol. The number of amides is 1.